The van der Waals surface area contributed by atoms with Gasteiger partial charge in [0.1, 0.15) is 18.5 Å². The van der Waals surface area contributed by atoms with Crippen molar-refractivity contribution in [3.05, 3.63) is 70.9 Å². The summed E-state index contributed by atoms with van der Waals surface area (Å²) in [6.07, 6.45) is 0.00375. The number of carbonyl (C=O) groups is 1. The third-order valence-electron chi connectivity index (χ3n) is 4.16. The third-order valence-corrected chi connectivity index (χ3v) is 4.40. The fourth-order valence-electron chi connectivity index (χ4n) is 2.82. The number of methoxy groups -OCH3 is 1. The van der Waals surface area contributed by atoms with Gasteiger partial charge in [0.2, 0.25) is 0 Å². The third kappa shape index (κ3) is 5.34. The van der Waals surface area contributed by atoms with Crippen molar-refractivity contribution < 1.29 is 19.0 Å². The quantitative estimate of drug-likeness (QED) is 0.407. The average Bonchev–Trinajstić information content (AvgIpc) is 3.17. The highest BCUT2D eigenvalue weighted by atomic mass is 35.5. The molecule has 0 saturated carbocycles. The number of aromatic amines is 1. The van der Waals surface area contributed by atoms with Gasteiger partial charge in [0, 0.05) is 29.8 Å². The van der Waals surface area contributed by atoms with Crippen molar-refractivity contribution >= 4 is 18.1 Å². The molecule has 6 nitrogen and oxygen atoms in total. The van der Waals surface area contributed by atoms with Crippen molar-refractivity contribution in [2.24, 2.45) is 0 Å². The first-order chi connectivity index (χ1) is 13.7. The van der Waals surface area contributed by atoms with Crippen molar-refractivity contribution in [1.29, 1.82) is 0 Å². The minimum Gasteiger partial charge on any atom is -0.491 e. The number of benzene rings is 2. The molecule has 2 aromatic carbocycles. The molecule has 0 amide bonds. The Bertz CT molecular complexity index is 913. The smallest absolute Gasteiger partial charge is 0.293 e. The Morgan fingerprint density at radius 2 is 2.00 bits per heavy atom. The summed E-state index contributed by atoms with van der Waals surface area (Å²) < 4.78 is 15.9. The van der Waals surface area contributed by atoms with Gasteiger partial charge in [-0.1, -0.05) is 35.9 Å². The first-order valence-electron chi connectivity index (χ1n) is 8.80. The van der Waals surface area contributed by atoms with Crippen LogP contribution in [0, 0.1) is 0 Å². The fraction of sp³-hybridized carbons (Fsp3) is 0.238. The normalized spacial score (nSPS) is 11.8. The molecule has 28 heavy (non-hydrogen) atoms. The Balaban J connectivity index is 1.74. The zero-order valence-electron chi connectivity index (χ0n) is 15.4. The lowest BCUT2D eigenvalue weighted by Gasteiger charge is -2.14. The van der Waals surface area contributed by atoms with Crippen LogP contribution in [0.5, 0.6) is 5.75 Å². The van der Waals surface area contributed by atoms with Gasteiger partial charge < -0.3 is 14.2 Å². The van der Waals surface area contributed by atoms with Crippen molar-refractivity contribution in [2.45, 2.75) is 12.5 Å². The summed E-state index contributed by atoms with van der Waals surface area (Å²) >= 11 is 6.05. The van der Waals surface area contributed by atoms with Gasteiger partial charge >= 0.3 is 0 Å². The molecule has 0 aliphatic rings. The maximum absolute atomic E-state index is 10.9. The van der Waals surface area contributed by atoms with E-state index in [0.717, 1.165) is 28.3 Å². The summed E-state index contributed by atoms with van der Waals surface area (Å²) in [7, 11) is 1.63. The SMILES string of the molecule is COCCOc1cccc(-c2cc(CC(OC=O)c3cccc(Cl)c3)[nH]n2)c1. The molecule has 0 bridgehead atoms. The number of rotatable bonds is 10. The first kappa shape index (κ1) is 19.9. The number of aromatic nitrogens is 2. The molecular formula is C21H21ClN2O4. The zero-order valence-corrected chi connectivity index (χ0v) is 16.2. The molecule has 0 radical (unpaired) electrons. The molecule has 0 spiro atoms. The van der Waals surface area contributed by atoms with Crippen molar-refractivity contribution in [1.82, 2.24) is 10.2 Å². The summed E-state index contributed by atoms with van der Waals surface area (Å²) in [6.45, 7) is 1.46. The molecule has 7 heteroatoms. The van der Waals surface area contributed by atoms with E-state index in [9.17, 15) is 4.79 Å². The standard InChI is InChI=1S/C21H21ClN2O4/c1-26-8-9-27-19-7-3-4-15(11-19)20-12-18(23-24-20)13-21(28-14-25)16-5-2-6-17(22)10-16/h2-7,10-12,14,21H,8-9,13H2,1H3,(H,23,24). The van der Waals surface area contributed by atoms with Gasteiger partial charge in [-0.2, -0.15) is 5.10 Å². The number of hydrogen-bond acceptors (Lipinski definition) is 5. The minimum atomic E-state index is -0.451. The molecule has 3 aromatic rings. The monoisotopic (exact) mass is 400 g/mol. The molecule has 146 valence electrons. The number of H-pyrrole nitrogens is 1. The Labute approximate surface area is 168 Å². The number of nitrogens with one attached hydrogen (secondary N) is 1. The number of nitrogens with zero attached hydrogens (tertiary/aromatic N) is 1. The van der Waals surface area contributed by atoms with Gasteiger partial charge in [-0.25, -0.2) is 0 Å². The van der Waals surface area contributed by atoms with Crippen molar-refractivity contribution in [3.8, 4) is 17.0 Å². The molecule has 0 fully saturated rings. The van der Waals surface area contributed by atoms with E-state index in [1.54, 1.807) is 19.2 Å². The lowest BCUT2D eigenvalue weighted by molar-refractivity contribution is -0.133. The van der Waals surface area contributed by atoms with E-state index in [0.29, 0.717) is 31.1 Å². The molecule has 0 aliphatic carbocycles. The van der Waals surface area contributed by atoms with Crippen molar-refractivity contribution in [3.63, 3.8) is 0 Å². The second kappa shape index (κ2) is 9.92. The minimum absolute atomic E-state index is 0.448. The largest absolute Gasteiger partial charge is 0.491 e. The highest BCUT2D eigenvalue weighted by Crippen LogP contribution is 2.27. The van der Waals surface area contributed by atoms with Gasteiger partial charge in [-0.15, -0.1) is 0 Å². The maximum atomic E-state index is 10.9. The fourth-order valence-corrected chi connectivity index (χ4v) is 3.02. The van der Waals surface area contributed by atoms with E-state index in [-0.39, 0.29) is 0 Å². The number of hydrogen-bond donors (Lipinski definition) is 1. The second-order valence-corrected chi connectivity index (χ2v) is 6.56. The van der Waals surface area contributed by atoms with Crippen LogP contribution in [-0.2, 0) is 20.7 Å². The summed E-state index contributed by atoms with van der Waals surface area (Å²) in [6, 6.07) is 16.9. The van der Waals surface area contributed by atoms with E-state index in [1.165, 1.54) is 0 Å². The van der Waals surface area contributed by atoms with Gasteiger partial charge in [-0.3, -0.25) is 9.89 Å². The van der Waals surface area contributed by atoms with Crippen LogP contribution in [-0.4, -0.2) is 37.0 Å². The summed E-state index contributed by atoms with van der Waals surface area (Å²) in [5, 5.41) is 7.97. The van der Waals surface area contributed by atoms with Crippen LogP contribution < -0.4 is 4.74 Å². The predicted octanol–water partition coefficient (Wildman–Crippen LogP) is 4.21. The van der Waals surface area contributed by atoms with Crippen LogP contribution in [0.3, 0.4) is 0 Å². The van der Waals surface area contributed by atoms with E-state index >= 15 is 0 Å². The van der Waals surface area contributed by atoms with Crippen LogP contribution in [0.2, 0.25) is 5.02 Å². The van der Waals surface area contributed by atoms with E-state index in [4.69, 9.17) is 25.8 Å². The van der Waals surface area contributed by atoms with Crippen LogP contribution in [0.15, 0.2) is 54.6 Å². The van der Waals surface area contributed by atoms with Gasteiger partial charge in [0.05, 0.1) is 12.3 Å². The molecule has 0 saturated heterocycles. The van der Waals surface area contributed by atoms with E-state index in [2.05, 4.69) is 10.2 Å². The highest BCUT2D eigenvalue weighted by Gasteiger charge is 2.16. The molecule has 3 rings (SSSR count). The highest BCUT2D eigenvalue weighted by molar-refractivity contribution is 6.30. The first-order valence-corrected chi connectivity index (χ1v) is 9.18. The van der Waals surface area contributed by atoms with Crippen LogP contribution in [0.1, 0.15) is 17.4 Å². The molecule has 1 N–H and O–H groups in total. The van der Waals surface area contributed by atoms with E-state index in [1.807, 2.05) is 42.5 Å². The Kier molecular flexibility index (Phi) is 7.06. The number of ether oxygens (including phenoxy) is 3. The van der Waals surface area contributed by atoms with Gasteiger partial charge in [-0.05, 0) is 35.9 Å². The topological polar surface area (TPSA) is 73.4 Å². The molecule has 1 heterocycles. The lowest BCUT2D eigenvalue weighted by Crippen LogP contribution is -2.07. The summed E-state index contributed by atoms with van der Waals surface area (Å²) in [5.41, 5.74) is 3.37. The Hall–Kier alpha value is -2.83. The predicted molar refractivity (Wildman–Crippen MR) is 106 cm³/mol. The van der Waals surface area contributed by atoms with E-state index < -0.39 is 6.10 Å². The maximum Gasteiger partial charge on any atom is 0.293 e. The van der Waals surface area contributed by atoms with Crippen molar-refractivity contribution in [2.75, 3.05) is 20.3 Å². The second-order valence-electron chi connectivity index (χ2n) is 6.13. The van der Waals surface area contributed by atoms with Crippen LogP contribution in [0.4, 0.5) is 0 Å². The molecule has 1 unspecified atom stereocenters. The number of carbonyl (C=O) groups excluding carboxylic acids is 1. The molecule has 0 aliphatic heterocycles. The van der Waals surface area contributed by atoms with Crippen LogP contribution in [0.25, 0.3) is 11.3 Å². The lowest BCUT2D eigenvalue weighted by atomic mass is 10.0. The summed E-state index contributed by atoms with van der Waals surface area (Å²) in [4.78, 5) is 10.9. The van der Waals surface area contributed by atoms with Crippen LogP contribution >= 0.6 is 11.6 Å². The summed E-state index contributed by atoms with van der Waals surface area (Å²) in [5.74, 6) is 0.750. The Morgan fingerprint density at radius 3 is 2.79 bits per heavy atom. The van der Waals surface area contributed by atoms with Gasteiger partial charge in [0.25, 0.3) is 6.47 Å². The van der Waals surface area contributed by atoms with Gasteiger partial charge in [0.15, 0.2) is 0 Å². The molecule has 1 atom stereocenters. The average molecular weight is 401 g/mol. The number of halogens is 1. The Morgan fingerprint density at radius 1 is 1.14 bits per heavy atom. The molecule has 1 aromatic heterocycles. The zero-order chi connectivity index (χ0) is 19.8. The molecular weight excluding hydrogens is 380 g/mol.